The van der Waals surface area contributed by atoms with Gasteiger partial charge in [-0.1, -0.05) is 49.4 Å². The first-order valence-corrected chi connectivity index (χ1v) is 11.3. The van der Waals surface area contributed by atoms with Gasteiger partial charge in [0.2, 0.25) is 5.78 Å². The Bertz CT molecular complexity index is 1440. The number of Topliss-reactive ketones (excluding diaryl/α,β-unsaturated/α-hetero) is 1. The predicted molar refractivity (Wildman–Crippen MR) is 130 cm³/mol. The summed E-state index contributed by atoms with van der Waals surface area (Å²) < 4.78 is 11.2. The van der Waals surface area contributed by atoms with Crippen molar-refractivity contribution in [2.45, 2.75) is 25.9 Å². The van der Waals surface area contributed by atoms with E-state index in [0.29, 0.717) is 16.7 Å². The number of aryl methyl sites for hydroxylation is 1. The fraction of sp³-hybridized carbons (Fsp3) is 0.179. The molecule has 3 heterocycles. The second kappa shape index (κ2) is 9.10. The van der Waals surface area contributed by atoms with Crippen molar-refractivity contribution >= 4 is 22.7 Å². The number of ether oxygens (including phenoxy) is 1. The molecule has 7 heteroatoms. The maximum Gasteiger partial charge on any atom is 0.290 e. The van der Waals surface area contributed by atoms with Gasteiger partial charge >= 0.3 is 0 Å². The van der Waals surface area contributed by atoms with Gasteiger partial charge in [0.1, 0.15) is 0 Å². The second-order valence-electron chi connectivity index (χ2n) is 8.37. The standard InChI is InChI=1S/C28H24N2O5/c1-3-17-9-11-19(12-10-17)24-23(26(32)28(33)30(24)16-18-6-5-13-29-15-18)25(31)22-14-20-7-4-8-21(34-2)27(20)35-22/h4-15,24,32H,3,16H2,1-2H3. The van der Waals surface area contributed by atoms with Crippen LogP contribution in [-0.4, -0.2) is 33.8 Å². The number of carbonyl (C=O) groups is 2. The van der Waals surface area contributed by atoms with E-state index in [1.807, 2.05) is 36.4 Å². The molecule has 2 aromatic heterocycles. The molecule has 0 spiro atoms. The van der Waals surface area contributed by atoms with Crippen molar-refractivity contribution in [3.63, 3.8) is 0 Å². The molecule has 1 aliphatic heterocycles. The van der Waals surface area contributed by atoms with Crippen LogP contribution in [0.1, 0.15) is 40.2 Å². The second-order valence-corrected chi connectivity index (χ2v) is 8.37. The molecule has 0 fully saturated rings. The van der Waals surface area contributed by atoms with Gasteiger partial charge in [-0.2, -0.15) is 0 Å². The molecule has 1 N–H and O–H groups in total. The lowest BCUT2D eigenvalue weighted by Gasteiger charge is -2.26. The lowest BCUT2D eigenvalue weighted by molar-refractivity contribution is -0.130. The highest BCUT2D eigenvalue weighted by Gasteiger charge is 2.44. The Hall–Kier alpha value is -4.39. The predicted octanol–water partition coefficient (Wildman–Crippen LogP) is 5.18. The van der Waals surface area contributed by atoms with E-state index in [1.165, 1.54) is 12.0 Å². The molecule has 2 aromatic carbocycles. The molecule has 5 rings (SSSR count). The quantitative estimate of drug-likeness (QED) is 0.376. The van der Waals surface area contributed by atoms with Gasteiger partial charge in [0.15, 0.2) is 22.9 Å². The number of carbonyl (C=O) groups excluding carboxylic acids is 2. The van der Waals surface area contributed by atoms with E-state index in [9.17, 15) is 14.7 Å². The van der Waals surface area contributed by atoms with Crippen molar-refractivity contribution in [3.05, 3.63) is 107 Å². The number of hydrogen-bond acceptors (Lipinski definition) is 6. The molecule has 1 unspecified atom stereocenters. The van der Waals surface area contributed by atoms with Gasteiger partial charge < -0.3 is 19.2 Å². The van der Waals surface area contributed by atoms with E-state index in [0.717, 1.165) is 23.1 Å². The number of benzene rings is 2. The number of aromatic nitrogens is 1. The molecule has 176 valence electrons. The van der Waals surface area contributed by atoms with Crippen molar-refractivity contribution < 1.29 is 23.8 Å². The van der Waals surface area contributed by atoms with Crippen LogP contribution in [-0.2, 0) is 17.8 Å². The van der Waals surface area contributed by atoms with Crippen LogP contribution >= 0.6 is 0 Å². The summed E-state index contributed by atoms with van der Waals surface area (Å²) in [5.41, 5.74) is 3.05. The first kappa shape index (κ1) is 22.4. The summed E-state index contributed by atoms with van der Waals surface area (Å²) >= 11 is 0. The van der Waals surface area contributed by atoms with Gasteiger partial charge in [0, 0.05) is 24.3 Å². The fourth-order valence-corrected chi connectivity index (χ4v) is 4.46. The zero-order chi connectivity index (χ0) is 24.5. The van der Waals surface area contributed by atoms with Crippen LogP contribution in [0.4, 0.5) is 0 Å². The summed E-state index contributed by atoms with van der Waals surface area (Å²) in [4.78, 5) is 32.6. The Balaban J connectivity index is 1.60. The molecule has 1 aliphatic rings. The Morgan fingerprint density at radius 2 is 1.91 bits per heavy atom. The van der Waals surface area contributed by atoms with Crippen LogP contribution in [0, 0.1) is 0 Å². The molecular weight excluding hydrogens is 444 g/mol. The summed E-state index contributed by atoms with van der Waals surface area (Å²) in [6.45, 7) is 2.24. The number of aliphatic hydroxyl groups excluding tert-OH is 1. The van der Waals surface area contributed by atoms with Crippen LogP contribution in [0.15, 0.2) is 88.8 Å². The maximum atomic E-state index is 13.7. The highest BCUT2D eigenvalue weighted by molar-refractivity contribution is 6.16. The van der Waals surface area contributed by atoms with Crippen LogP contribution in [0.25, 0.3) is 11.0 Å². The van der Waals surface area contributed by atoms with E-state index in [-0.39, 0.29) is 17.9 Å². The van der Waals surface area contributed by atoms with Crippen molar-refractivity contribution in [1.82, 2.24) is 9.88 Å². The normalized spacial score (nSPS) is 15.8. The minimum Gasteiger partial charge on any atom is -0.503 e. The molecule has 0 bridgehead atoms. The van der Waals surface area contributed by atoms with Crippen molar-refractivity contribution in [2.75, 3.05) is 7.11 Å². The van der Waals surface area contributed by atoms with Crippen LogP contribution in [0.3, 0.4) is 0 Å². The third-order valence-corrected chi connectivity index (χ3v) is 6.28. The van der Waals surface area contributed by atoms with Crippen molar-refractivity contribution in [2.24, 2.45) is 0 Å². The van der Waals surface area contributed by atoms with E-state index in [2.05, 4.69) is 11.9 Å². The summed E-state index contributed by atoms with van der Waals surface area (Å²) in [7, 11) is 1.52. The zero-order valence-corrected chi connectivity index (χ0v) is 19.4. The number of para-hydroxylation sites is 1. The number of rotatable bonds is 7. The molecule has 35 heavy (non-hydrogen) atoms. The molecule has 7 nitrogen and oxygen atoms in total. The number of methoxy groups -OCH3 is 1. The summed E-state index contributed by atoms with van der Waals surface area (Å²) in [5.74, 6) is -1.22. The molecule has 1 amide bonds. The SMILES string of the molecule is CCc1ccc(C2C(C(=O)c3cc4cccc(OC)c4o3)=C(O)C(=O)N2Cc2cccnc2)cc1. The van der Waals surface area contributed by atoms with Gasteiger partial charge in [-0.25, -0.2) is 0 Å². The summed E-state index contributed by atoms with van der Waals surface area (Å²) in [6, 6.07) is 17.5. The molecule has 0 radical (unpaired) electrons. The highest BCUT2D eigenvalue weighted by Crippen LogP contribution is 2.41. The smallest absolute Gasteiger partial charge is 0.290 e. The number of hydrogen-bond donors (Lipinski definition) is 1. The Kier molecular flexibility index (Phi) is 5.82. The summed E-state index contributed by atoms with van der Waals surface area (Å²) in [6.07, 6.45) is 4.17. The first-order valence-electron chi connectivity index (χ1n) is 11.3. The number of aliphatic hydroxyl groups is 1. The van der Waals surface area contributed by atoms with Crippen molar-refractivity contribution in [1.29, 1.82) is 0 Å². The minimum absolute atomic E-state index is 0.0128. The van der Waals surface area contributed by atoms with Crippen LogP contribution in [0.5, 0.6) is 5.75 Å². The minimum atomic E-state index is -0.781. The number of pyridine rings is 1. The maximum absolute atomic E-state index is 13.7. The number of amides is 1. The monoisotopic (exact) mass is 468 g/mol. The highest BCUT2D eigenvalue weighted by atomic mass is 16.5. The number of furan rings is 1. The van der Waals surface area contributed by atoms with Gasteiger partial charge in [-0.05, 0) is 41.3 Å². The molecular formula is C28H24N2O5. The average molecular weight is 469 g/mol. The average Bonchev–Trinajstić information content (AvgIpc) is 3.44. The molecule has 1 atom stereocenters. The Morgan fingerprint density at radius 1 is 1.11 bits per heavy atom. The third-order valence-electron chi connectivity index (χ3n) is 6.28. The Morgan fingerprint density at radius 3 is 2.60 bits per heavy atom. The van der Waals surface area contributed by atoms with E-state index in [1.54, 1.807) is 36.7 Å². The van der Waals surface area contributed by atoms with Gasteiger partial charge in [0.25, 0.3) is 5.91 Å². The van der Waals surface area contributed by atoms with Gasteiger partial charge in [0.05, 0.1) is 18.7 Å². The topological polar surface area (TPSA) is 92.9 Å². The number of ketones is 1. The summed E-state index contributed by atoms with van der Waals surface area (Å²) in [5, 5.41) is 11.6. The van der Waals surface area contributed by atoms with Crippen molar-refractivity contribution in [3.8, 4) is 5.75 Å². The zero-order valence-electron chi connectivity index (χ0n) is 19.4. The van der Waals surface area contributed by atoms with Gasteiger partial charge in [-0.15, -0.1) is 0 Å². The third kappa shape index (κ3) is 3.95. The molecule has 0 saturated heterocycles. The fourth-order valence-electron chi connectivity index (χ4n) is 4.46. The Labute approximate surface area is 202 Å². The van der Waals surface area contributed by atoms with Crippen LogP contribution < -0.4 is 4.74 Å². The first-order chi connectivity index (χ1) is 17.0. The largest absolute Gasteiger partial charge is 0.503 e. The van der Waals surface area contributed by atoms with E-state index < -0.39 is 23.5 Å². The molecule has 0 aliphatic carbocycles. The molecule has 0 saturated carbocycles. The van der Waals surface area contributed by atoms with E-state index in [4.69, 9.17) is 9.15 Å². The number of nitrogens with zero attached hydrogens (tertiary/aromatic N) is 2. The van der Waals surface area contributed by atoms with Gasteiger partial charge in [-0.3, -0.25) is 14.6 Å². The van der Waals surface area contributed by atoms with Crippen LogP contribution in [0.2, 0.25) is 0 Å². The van der Waals surface area contributed by atoms with E-state index >= 15 is 0 Å². The molecule has 4 aromatic rings. The lowest BCUT2D eigenvalue weighted by Crippen LogP contribution is -2.30. The number of fused-ring (bicyclic) bond motifs is 1. The lowest BCUT2D eigenvalue weighted by atomic mass is 9.94.